The molecule has 0 amide bonds. The highest BCUT2D eigenvalue weighted by Gasteiger charge is 2.08. The van der Waals surface area contributed by atoms with Crippen LogP contribution >= 0.6 is 0 Å². The first kappa shape index (κ1) is 12.3. The van der Waals surface area contributed by atoms with E-state index in [1.165, 1.54) is 0 Å². The number of nitrogens with zero attached hydrogens (tertiary/aromatic N) is 6. The maximum absolute atomic E-state index is 8.96. The van der Waals surface area contributed by atoms with Gasteiger partial charge in [0.15, 0.2) is 0 Å². The fraction of sp³-hybridized carbons (Fsp3) is 0.231. The molecule has 20 heavy (non-hydrogen) atoms. The van der Waals surface area contributed by atoms with Crippen LogP contribution in [0, 0.1) is 11.3 Å². The number of pyridine rings is 1. The Morgan fingerprint density at radius 2 is 2.25 bits per heavy atom. The molecule has 0 aliphatic carbocycles. The van der Waals surface area contributed by atoms with Crippen molar-refractivity contribution >= 4 is 5.52 Å². The summed E-state index contributed by atoms with van der Waals surface area (Å²) < 4.78 is 8.40. The summed E-state index contributed by atoms with van der Waals surface area (Å²) in [5, 5.41) is 21.3. The van der Waals surface area contributed by atoms with E-state index in [9.17, 15) is 0 Å². The predicted octanol–water partition coefficient (Wildman–Crippen LogP) is 1.11. The van der Waals surface area contributed by atoms with Crippen LogP contribution in [0.25, 0.3) is 16.8 Å². The lowest BCUT2D eigenvalue weighted by atomic mass is 10.2. The summed E-state index contributed by atoms with van der Waals surface area (Å²) >= 11 is 0. The van der Waals surface area contributed by atoms with Gasteiger partial charge >= 0.3 is 0 Å². The summed E-state index contributed by atoms with van der Waals surface area (Å²) in [7, 11) is 1.65. The van der Waals surface area contributed by atoms with Crippen molar-refractivity contribution in [1.82, 2.24) is 24.6 Å². The van der Waals surface area contributed by atoms with Crippen molar-refractivity contribution in [1.29, 1.82) is 5.26 Å². The molecule has 0 N–H and O–H groups in total. The topological polar surface area (TPSA) is 81.0 Å². The third-order valence-electron chi connectivity index (χ3n) is 3.00. The van der Waals surface area contributed by atoms with Crippen molar-refractivity contribution in [2.24, 2.45) is 0 Å². The maximum atomic E-state index is 8.96. The Morgan fingerprint density at radius 3 is 3.05 bits per heavy atom. The van der Waals surface area contributed by atoms with Crippen LogP contribution in [-0.2, 0) is 11.3 Å². The van der Waals surface area contributed by atoms with Gasteiger partial charge in [-0.3, -0.25) is 0 Å². The van der Waals surface area contributed by atoms with Gasteiger partial charge in [0, 0.05) is 18.9 Å². The average Bonchev–Trinajstić information content (AvgIpc) is 3.10. The lowest BCUT2D eigenvalue weighted by Crippen LogP contribution is -2.04. The lowest BCUT2D eigenvalue weighted by Gasteiger charge is -1.98. The second-order valence-electron chi connectivity index (χ2n) is 4.28. The highest BCUT2D eigenvalue weighted by Crippen LogP contribution is 2.18. The molecular weight excluding hydrogens is 256 g/mol. The zero-order valence-electron chi connectivity index (χ0n) is 10.9. The van der Waals surface area contributed by atoms with Crippen molar-refractivity contribution in [3.8, 4) is 17.3 Å². The zero-order valence-corrected chi connectivity index (χ0v) is 10.9. The quantitative estimate of drug-likeness (QED) is 0.708. The van der Waals surface area contributed by atoms with Crippen LogP contribution in [-0.4, -0.2) is 38.3 Å². The van der Waals surface area contributed by atoms with Gasteiger partial charge in [-0.25, -0.2) is 9.20 Å². The van der Waals surface area contributed by atoms with E-state index in [0.717, 1.165) is 16.8 Å². The third kappa shape index (κ3) is 2.13. The zero-order chi connectivity index (χ0) is 13.9. The highest BCUT2D eigenvalue weighted by atomic mass is 16.5. The van der Waals surface area contributed by atoms with Crippen LogP contribution in [0.2, 0.25) is 0 Å². The Labute approximate surface area is 115 Å². The van der Waals surface area contributed by atoms with Gasteiger partial charge in [-0.15, -0.1) is 5.10 Å². The Bertz CT molecular complexity index is 782. The summed E-state index contributed by atoms with van der Waals surface area (Å²) in [6.45, 7) is 1.25. The van der Waals surface area contributed by atoms with Crippen molar-refractivity contribution in [3.63, 3.8) is 0 Å². The fourth-order valence-corrected chi connectivity index (χ4v) is 1.95. The minimum atomic E-state index is 0.556. The number of ether oxygens (including phenoxy) is 1. The van der Waals surface area contributed by atoms with E-state index in [2.05, 4.69) is 21.5 Å². The molecule has 0 aliphatic heterocycles. The number of hydrogen-bond acceptors (Lipinski definition) is 5. The summed E-state index contributed by atoms with van der Waals surface area (Å²) in [6.07, 6.45) is 5.24. The van der Waals surface area contributed by atoms with Crippen LogP contribution in [0.5, 0.6) is 0 Å². The predicted molar refractivity (Wildman–Crippen MR) is 70.8 cm³/mol. The summed E-state index contributed by atoms with van der Waals surface area (Å²) in [6, 6.07) is 5.87. The van der Waals surface area contributed by atoms with Crippen LogP contribution < -0.4 is 0 Å². The molecular formula is C13H12N6O. The normalized spacial score (nSPS) is 10.8. The Hall–Kier alpha value is -2.72. The standard InChI is InChI=1S/C13H12N6O/c1-20-5-4-18-9-12(16-17-18)10-2-3-13-11(6-14)7-15-19(13)8-10/h2-3,7-9H,4-5H2,1H3. The molecule has 0 aliphatic rings. The molecule has 0 saturated carbocycles. The lowest BCUT2D eigenvalue weighted by molar-refractivity contribution is 0.183. The van der Waals surface area contributed by atoms with E-state index in [4.69, 9.17) is 10.00 Å². The summed E-state index contributed by atoms with van der Waals surface area (Å²) in [4.78, 5) is 0. The second-order valence-corrected chi connectivity index (χ2v) is 4.28. The molecule has 0 bridgehead atoms. The number of fused-ring (bicyclic) bond motifs is 1. The molecule has 3 rings (SSSR count). The van der Waals surface area contributed by atoms with E-state index >= 15 is 0 Å². The van der Waals surface area contributed by atoms with Gasteiger partial charge in [-0.2, -0.15) is 10.4 Å². The molecule has 0 radical (unpaired) electrons. The summed E-state index contributed by atoms with van der Waals surface area (Å²) in [5.74, 6) is 0. The van der Waals surface area contributed by atoms with Gasteiger partial charge in [-0.05, 0) is 12.1 Å². The number of hydrogen-bond donors (Lipinski definition) is 0. The average molecular weight is 268 g/mol. The SMILES string of the molecule is COCCn1cc(-c2ccc3c(C#N)cnn3c2)nn1. The molecule has 0 fully saturated rings. The van der Waals surface area contributed by atoms with Crippen molar-refractivity contribution in [3.05, 3.63) is 36.3 Å². The van der Waals surface area contributed by atoms with Gasteiger partial charge in [0.05, 0.1) is 36.6 Å². The molecule has 3 aromatic rings. The largest absolute Gasteiger partial charge is 0.383 e. The molecule has 0 saturated heterocycles. The Kier molecular flexibility index (Phi) is 3.15. The van der Waals surface area contributed by atoms with Crippen molar-refractivity contribution < 1.29 is 4.74 Å². The first-order valence-electron chi connectivity index (χ1n) is 6.09. The number of rotatable bonds is 4. The molecule has 100 valence electrons. The minimum Gasteiger partial charge on any atom is -0.383 e. The molecule has 7 nitrogen and oxygen atoms in total. The monoisotopic (exact) mass is 268 g/mol. The third-order valence-corrected chi connectivity index (χ3v) is 3.00. The smallest absolute Gasteiger partial charge is 0.114 e. The van der Waals surface area contributed by atoms with E-state index in [1.54, 1.807) is 22.5 Å². The van der Waals surface area contributed by atoms with E-state index in [1.807, 2.05) is 24.5 Å². The maximum Gasteiger partial charge on any atom is 0.114 e. The van der Waals surface area contributed by atoms with Gasteiger partial charge in [0.2, 0.25) is 0 Å². The van der Waals surface area contributed by atoms with E-state index < -0.39 is 0 Å². The molecule has 7 heteroatoms. The minimum absolute atomic E-state index is 0.556. The molecule has 0 atom stereocenters. The Balaban J connectivity index is 1.94. The Morgan fingerprint density at radius 1 is 1.35 bits per heavy atom. The van der Waals surface area contributed by atoms with Gasteiger partial charge in [-0.1, -0.05) is 5.21 Å². The molecule has 0 aromatic carbocycles. The van der Waals surface area contributed by atoms with Crippen molar-refractivity contribution in [2.75, 3.05) is 13.7 Å². The highest BCUT2D eigenvalue weighted by molar-refractivity contribution is 5.65. The van der Waals surface area contributed by atoms with Gasteiger partial charge in [0.25, 0.3) is 0 Å². The second kappa shape index (κ2) is 5.11. The summed E-state index contributed by atoms with van der Waals surface area (Å²) in [5.41, 5.74) is 2.99. The molecule has 0 spiro atoms. The van der Waals surface area contributed by atoms with Crippen LogP contribution in [0.15, 0.2) is 30.7 Å². The molecule has 3 heterocycles. The van der Waals surface area contributed by atoms with E-state index in [0.29, 0.717) is 18.7 Å². The van der Waals surface area contributed by atoms with Crippen LogP contribution in [0.1, 0.15) is 5.56 Å². The van der Waals surface area contributed by atoms with Crippen LogP contribution in [0.3, 0.4) is 0 Å². The fourth-order valence-electron chi connectivity index (χ4n) is 1.95. The number of methoxy groups -OCH3 is 1. The number of nitriles is 1. The molecule has 0 unspecified atom stereocenters. The first-order valence-corrected chi connectivity index (χ1v) is 6.09. The van der Waals surface area contributed by atoms with E-state index in [-0.39, 0.29) is 0 Å². The molecule has 3 aromatic heterocycles. The van der Waals surface area contributed by atoms with Gasteiger partial charge < -0.3 is 4.74 Å². The van der Waals surface area contributed by atoms with Crippen LogP contribution in [0.4, 0.5) is 0 Å². The van der Waals surface area contributed by atoms with Gasteiger partial charge in [0.1, 0.15) is 11.8 Å². The first-order chi connectivity index (χ1) is 9.81. The number of aromatic nitrogens is 5. The van der Waals surface area contributed by atoms with Crippen molar-refractivity contribution in [2.45, 2.75) is 6.54 Å².